The Bertz CT molecular complexity index is 1220. The highest BCUT2D eigenvalue weighted by Crippen LogP contribution is 2.34. The van der Waals surface area contributed by atoms with Crippen LogP contribution in [0.2, 0.25) is 0 Å². The molecule has 0 bridgehead atoms. The number of rotatable bonds is 5. The third-order valence-corrected chi connectivity index (χ3v) is 5.97. The molecule has 170 valence electrons. The number of likely N-dealkylation sites (N-methyl/N-ethyl adjacent to an activating group) is 1. The highest BCUT2D eigenvalue weighted by molar-refractivity contribution is 5.76. The van der Waals surface area contributed by atoms with Gasteiger partial charge in [-0.05, 0) is 55.6 Å². The Kier molecular flexibility index (Phi) is 5.63. The average Bonchev–Trinajstić information content (AvgIpc) is 3.47. The second-order valence-electron chi connectivity index (χ2n) is 8.06. The monoisotopic (exact) mass is 452 g/mol. The van der Waals surface area contributed by atoms with Crippen LogP contribution in [0.4, 0.5) is 18.9 Å². The largest absolute Gasteiger partial charge is 0.369 e. The molecule has 0 saturated carbocycles. The average molecular weight is 452 g/mol. The van der Waals surface area contributed by atoms with E-state index in [4.69, 9.17) is 0 Å². The van der Waals surface area contributed by atoms with Gasteiger partial charge < -0.3 is 9.80 Å². The molecule has 1 aliphatic rings. The summed E-state index contributed by atoms with van der Waals surface area (Å²) >= 11 is 0. The van der Waals surface area contributed by atoms with E-state index in [1.54, 1.807) is 17.0 Å². The maximum absolute atomic E-state index is 13.9. The molecule has 4 aromatic rings. The van der Waals surface area contributed by atoms with E-state index in [-0.39, 0.29) is 5.69 Å². The maximum Gasteiger partial charge on any atom is 0.320 e. The van der Waals surface area contributed by atoms with Crippen LogP contribution in [0, 0.1) is 5.82 Å². The van der Waals surface area contributed by atoms with E-state index in [2.05, 4.69) is 26.8 Å². The van der Waals surface area contributed by atoms with Crippen molar-refractivity contribution in [2.45, 2.75) is 6.55 Å². The van der Waals surface area contributed by atoms with Gasteiger partial charge in [0, 0.05) is 55.5 Å². The second-order valence-corrected chi connectivity index (χ2v) is 8.06. The summed E-state index contributed by atoms with van der Waals surface area (Å²) in [4.78, 5) is 13.2. The first kappa shape index (κ1) is 21.3. The molecule has 0 radical (unpaired) electrons. The number of benzene rings is 2. The van der Waals surface area contributed by atoms with Crippen LogP contribution in [0.3, 0.4) is 0 Å². The molecular formula is C24H23F3N6. The summed E-state index contributed by atoms with van der Waals surface area (Å²) in [5.74, 6) is -0.0741. The minimum atomic E-state index is -2.80. The Morgan fingerprint density at radius 3 is 2.18 bits per heavy atom. The summed E-state index contributed by atoms with van der Waals surface area (Å²) in [6, 6.07) is 13.6. The Hall–Kier alpha value is -3.59. The number of nitrogens with zero attached hydrogens (tertiary/aromatic N) is 6. The minimum Gasteiger partial charge on any atom is -0.369 e. The fourth-order valence-corrected chi connectivity index (χ4v) is 4.13. The number of anilines is 1. The van der Waals surface area contributed by atoms with Gasteiger partial charge in [0.05, 0.1) is 5.69 Å². The molecule has 0 aliphatic carbocycles. The van der Waals surface area contributed by atoms with Crippen molar-refractivity contribution >= 4 is 5.69 Å². The van der Waals surface area contributed by atoms with Crippen LogP contribution in [-0.2, 0) is 0 Å². The molecule has 0 N–H and O–H groups in total. The number of alkyl halides is 2. The zero-order valence-electron chi connectivity index (χ0n) is 18.1. The molecule has 0 spiro atoms. The predicted octanol–water partition coefficient (Wildman–Crippen LogP) is 4.69. The molecule has 6 nitrogen and oxygen atoms in total. The van der Waals surface area contributed by atoms with E-state index in [0.29, 0.717) is 17.1 Å². The highest BCUT2D eigenvalue weighted by atomic mass is 19.3. The van der Waals surface area contributed by atoms with Gasteiger partial charge in [-0.3, -0.25) is 9.13 Å². The van der Waals surface area contributed by atoms with Crippen molar-refractivity contribution in [3.8, 4) is 28.5 Å². The lowest BCUT2D eigenvalue weighted by molar-refractivity contribution is 0.0717. The Balaban J connectivity index is 1.53. The van der Waals surface area contributed by atoms with E-state index in [9.17, 15) is 13.2 Å². The van der Waals surface area contributed by atoms with Crippen LogP contribution >= 0.6 is 0 Å². The quantitative estimate of drug-likeness (QED) is 0.441. The summed E-state index contributed by atoms with van der Waals surface area (Å²) in [7, 11) is 2.12. The molecule has 0 atom stereocenters. The minimum absolute atomic E-state index is 0.171. The third-order valence-electron chi connectivity index (χ3n) is 5.97. The zero-order chi connectivity index (χ0) is 22.9. The van der Waals surface area contributed by atoms with Gasteiger partial charge in [-0.25, -0.2) is 14.4 Å². The lowest BCUT2D eigenvalue weighted by atomic mass is 10.1. The van der Waals surface area contributed by atoms with Crippen LogP contribution < -0.4 is 4.90 Å². The van der Waals surface area contributed by atoms with E-state index >= 15 is 0 Å². The zero-order valence-corrected chi connectivity index (χ0v) is 18.1. The van der Waals surface area contributed by atoms with Crippen LogP contribution in [0.1, 0.15) is 6.55 Å². The van der Waals surface area contributed by atoms with Crippen molar-refractivity contribution in [1.82, 2.24) is 24.0 Å². The van der Waals surface area contributed by atoms with Gasteiger partial charge in [0.15, 0.2) is 5.82 Å². The third kappa shape index (κ3) is 4.11. The molecule has 2 aromatic heterocycles. The van der Waals surface area contributed by atoms with Gasteiger partial charge in [0.25, 0.3) is 0 Å². The van der Waals surface area contributed by atoms with Gasteiger partial charge in [0.2, 0.25) is 0 Å². The number of hydrogen-bond donors (Lipinski definition) is 0. The Morgan fingerprint density at radius 2 is 1.52 bits per heavy atom. The smallest absolute Gasteiger partial charge is 0.320 e. The Labute approximate surface area is 189 Å². The van der Waals surface area contributed by atoms with E-state index in [0.717, 1.165) is 48.4 Å². The van der Waals surface area contributed by atoms with Crippen LogP contribution in [0.25, 0.3) is 28.5 Å². The maximum atomic E-state index is 13.9. The number of hydrogen-bond acceptors (Lipinski definition) is 4. The van der Waals surface area contributed by atoms with Crippen molar-refractivity contribution < 1.29 is 13.2 Å². The number of halogens is 3. The van der Waals surface area contributed by atoms with E-state index < -0.39 is 12.4 Å². The first-order valence-corrected chi connectivity index (χ1v) is 10.7. The molecule has 2 aromatic carbocycles. The van der Waals surface area contributed by atoms with Crippen molar-refractivity contribution in [3.05, 3.63) is 73.1 Å². The van der Waals surface area contributed by atoms with Gasteiger partial charge in [-0.2, -0.15) is 8.78 Å². The van der Waals surface area contributed by atoms with Crippen molar-refractivity contribution in [2.24, 2.45) is 0 Å². The lowest BCUT2D eigenvalue weighted by Crippen LogP contribution is -2.44. The molecule has 0 amide bonds. The normalized spacial score (nSPS) is 14.9. The van der Waals surface area contributed by atoms with Crippen LogP contribution in [0.5, 0.6) is 0 Å². The first-order valence-electron chi connectivity index (χ1n) is 10.7. The van der Waals surface area contributed by atoms with Gasteiger partial charge in [0.1, 0.15) is 17.8 Å². The van der Waals surface area contributed by atoms with Gasteiger partial charge in [-0.1, -0.05) is 0 Å². The van der Waals surface area contributed by atoms with Crippen molar-refractivity contribution in [3.63, 3.8) is 0 Å². The molecule has 33 heavy (non-hydrogen) atoms. The van der Waals surface area contributed by atoms with Gasteiger partial charge in [-0.15, -0.1) is 0 Å². The first-order chi connectivity index (χ1) is 16.0. The number of piperazine rings is 1. The second kappa shape index (κ2) is 8.74. The van der Waals surface area contributed by atoms with Crippen molar-refractivity contribution in [2.75, 3.05) is 38.1 Å². The van der Waals surface area contributed by atoms with Gasteiger partial charge >= 0.3 is 6.55 Å². The lowest BCUT2D eigenvalue weighted by Gasteiger charge is -2.34. The van der Waals surface area contributed by atoms with Crippen LogP contribution in [0.15, 0.2) is 67.3 Å². The molecule has 9 heteroatoms. The van der Waals surface area contributed by atoms with Crippen molar-refractivity contribution in [1.29, 1.82) is 0 Å². The molecule has 1 fully saturated rings. The summed E-state index contributed by atoms with van der Waals surface area (Å²) in [5, 5.41) is 0. The summed E-state index contributed by atoms with van der Waals surface area (Å²) in [6.45, 7) is 1.14. The summed E-state index contributed by atoms with van der Waals surface area (Å²) in [5.41, 5.74) is 2.94. The predicted molar refractivity (Wildman–Crippen MR) is 121 cm³/mol. The summed E-state index contributed by atoms with van der Waals surface area (Å²) in [6.07, 6.45) is 4.40. The molecule has 1 aliphatic heterocycles. The van der Waals surface area contributed by atoms with E-state index in [1.807, 2.05) is 24.3 Å². The molecular weight excluding hydrogens is 429 g/mol. The molecule has 1 saturated heterocycles. The SMILES string of the molecule is CN1CCN(c2ccc(-n3ccnc3-c3c(-c4ccc(F)cc4)ncn3C(F)F)cc2)CC1. The topological polar surface area (TPSA) is 42.1 Å². The number of aromatic nitrogens is 4. The molecule has 5 rings (SSSR count). The summed E-state index contributed by atoms with van der Waals surface area (Å²) < 4.78 is 43.7. The number of imidazole rings is 2. The van der Waals surface area contributed by atoms with E-state index in [1.165, 1.54) is 24.3 Å². The standard InChI is InChI=1S/C24H23F3N6/c1-30-12-14-31(15-13-30)19-6-8-20(9-7-19)32-11-10-28-23(32)22-21(29-16-33(22)24(26)27)17-2-4-18(25)5-3-17/h2-11,16,24H,12-15H2,1H3. The fraction of sp³-hybridized carbons (Fsp3) is 0.250. The Morgan fingerprint density at radius 1 is 0.848 bits per heavy atom. The van der Waals surface area contributed by atoms with Crippen LogP contribution in [-0.4, -0.2) is 57.2 Å². The fourth-order valence-electron chi connectivity index (χ4n) is 4.13. The molecule has 0 unspecified atom stereocenters. The molecule has 3 heterocycles. The highest BCUT2D eigenvalue weighted by Gasteiger charge is 2.24.